The molecule has 0 aromatic heterocycles. The van der Waals surface area contributed by atoms with E-state index < -0.39 is 16.1 Å². The van der Waals surface area contributed by atoms with Crippen LogP contribution in [-0.2, 0) is 32.6 Å². The Balaban J connectivity index is 1.55. The summed E-state index contributed by atoms with van der Waals surface area (Å²) in [4.78, 5) is 27.2. The van der Waals surface area contributed by atoms with E-state index in [1.807, 2.05) is 6.07 Å². The summed E-state index contributed by atoms with van der Waals surface area (Å²) in [5.41, 5.74) is 1.96. The van der Waals surface area contributed by atoms with E-state index in [4.69, 9.17) is 9.47 Å². The van der Waals surface area contributed by atoms with Crippen LogP contribution in [0.15, 0.2) is 41.3 Å². The van der Waals surface area contributed by atoms with Crippen LogP contribution in [0.3, 0.4) is 0 Å². The van der Waals surface area contributed by atoms with Crippen molar-refractivity contribution in [1.29, 1.82) is 0 Å². The highest BCUT2D eigenvalue weighted by molar-refractivity contribution is 7.89. The Kier molecular flexibility index (Phi) is 6.81. The van der Waals surface area contributed by atoms with Crippen LogP contribution in [0.4, 0.5) is 5.69 Å². The fraction of sp³-hybridized carbons (Fsp3) is 0.417. The number of anilines is 1. The van der Waals surface area contributed by atoms with Gasteiger partial charge >= 0.3 is 0 Å². The lowest BCUT2D eigenvalue weighted by Gasteiger charge is -2.24. The molecule has 1 fully saturated rings. The van der Waals surface area contributed by atoms with Crippen molar-refractivity contribution in [3.63, 3.8) is 0 Å². The van der Waals surface area contributed by atoms with Crippen LogP contribution in [0.1, 0.15) is 30.9 Å². The number of amides is 2. The van der Waals surface area contributed by atoms with Gasteiger partial charge in [0.1, 0.15) is 6.04 Å². The zero-order chi connectivity index (χ0) is 24.5. The molecule has 4 rings (SSSR count). The number of hydrogen-bond acceptors (Lipinski definition) is 6. The van der Waals surface area contributed by atoms with Crippen LogP contribution in [0.5, 0.6) is 11.5 Å². The Labute approximate surface area is 199 Å². The van der Waals surface area contributed by atoms with Crippen LogP contribution >= 0.6 is 0 Å². The monoisotopic (exact) mass is 487 g/mol. The predicted molar refractivity (Wildman–Crippen MR) is 126 cm³/mol. The minimum Gasteiger partial charge on any atom is -0.493 e. The topological polar surface area (TPSA) is 105 Å². The second kappa shape index (κ2) is 9.63. The lowest BCUT2D eigenvalue weighted by molar-refractivity contribution is -0.125. The quantitative estimate of drug-likeness (QED) is 0.641. The number of fused-ring (bicyclic) bond motifs is 1. The maximum absolute atomic E-state index is 13.1. The van der Waals surface area contributed by atoms with Gasteiger partial charge in [0, 0.05) is 44.2 Å². The van der Waals surface area contributed by atoms with Gasteiger partial charge in [0.15, 0.2) is 11.5 Å². The van der Waals surface area contributed by atoms with Gasteiger partial charge in [-0.25, -0.2) is 8.42 Å². The third-order valence-electron chi connectivity index (χ3n) is 6.32. The Morgan fingerprint density at radius 1 is 1.09 bits per heavy atom. The molecule has 0 radical (unpaired) electrons. The van der Waals surface area contributed by atoms with Gasteiger partial charge < -0.3 is 14.8 Å². The summed E-state index contributed by atoms with van der Waals surface area (Å²) >= 11 is 0. The number of nitrogens with zero attached hydrogens (tertiary/aromatic N) is 2. The summed E-state index contributed by atoms with van der Waals surface area (Å²) in [5, 5.41) is 2.88. The minimum absolute atomic E-state index is 0.187. The van der Waals surface area contributed by atoms with Crippen LogP contribution in [0, 0.1) is 0 Å². The van der Waals surface area contributed by atoms with Gasteiger partial charge in [0.2, 0.25) is 21.8 Å². The summed E-state index contributed by atoms with van der Waals surface area (Å²) < 4.78 is 38.2. The summed E-state index contributed by atoms with van der Waals surface area (Å²) in [6, 6.07) is 9.36. The Bertz CT molecular complexity index is 1210. The number of sulfonamides is 1. The molecule has 2 aromatic rings. The fourth-order valence-corrected chi connectivity index (χ4v) is 6.23. The number of carbonyl (C=O) groups excluding carboxylic acids is 2. The van der Waals surface area contributed by atoms with Crippen molar-refractivity contribution in [3.8, 4) is 11.5 Å². The first-order valence-electron chi connectivity index (χ1n) is 11.2. The Morgan fingerprint density at radius 3 is 2.47 bits per heavy atom. The molecular formula is C24H29N3O6S. The molecule has 34 heavy (non-hydrogen) atoms. The largest absolute Gasteiger partial charge is 0.493 e. The molecule has 0 bridgehead atoms. The van der Waals surface area contributed by atoms with Crippen molar-refractivity contribution in [2.75, 3.05) is 32.2 Å². The van der Waals surface area contributed by atoms with Gasteiger partial charge in [-0.05, 0) is 42.7 Å². The fourth-order valence-electron chi connectivity index (χ4n) is 4.66. The average molecular weight is 488 g/mol. The molecule has 1 N–H and O–H groups in total. The first kappa shape index (κ1) is 24.0. The highest BCUT2D eigenvalue weighted by Crippen LogP contribution is 2.36. The first-order valence-corrected chi connectivity index (χ1v) is 12.6. The van der Waals surface area contributed by atoms with E-state index in [2.05, 4.69) is 5.32 Å². The molecule has 10 heteroatoms. The van der Waals surface area contributed by atoms with Crippen molar-refractivity contribution < 1.29 is 27.5 Å². The van der Waals surface area contributed by atoms with Crippen molar-refractivity contribution in [3.05, 3.63) is 47.5 Å². The van der Waals surface area contributed by atoms with Crippen LogP contribution in [0.2, 0.25) is 0 Å². The maximum atomic E-state index is 13.1. The number of methoxy groups -OCH3 is 2. The molecule has 9 nitrogen and oxygen atoms in total. The van der Waals surface area contributed by atoms with Crippen LogP contribution in [0.25, 0.3) is 0 Å². The SMILES string of the molecule is COc1cccc(CNC(=O)[C@@H]2Cc3cc(S(=O)(=O)N4CCCC4)ccc3N2C(C)=O)c1OC. The number of para-hydroxylation sites is 1. The van der Waals surface area contributed by atoms with Crippen LogP contribution < -0.4 is 19.7 Å². The minimum atomic E-state index is -3.59. The molecule has 1 saturated heterocycles. The number of nitrogens with one attached hydrogen (secondary N) is 1. The number of benzene rings is 2. The van der Waals surface area contributed by atoms with E-state index in [-0.39, 0.29) is 29.7 Å². The second-order valence-corrected chi connectivity index (χ2v) is 10.3. The zero-order valence-corrected chi connectivity index (χ0v) is 20.4. The number of ether oxygens (including phenoxy) is 2. The third kappa shape index (κ3) is 4.35. The van der Waals surface area contributed by atoms with E-state index in [0.717, 1.165) is 18.4 Å². The zero-order valence-electron chi connectivity index (χ0n) is 19.5. The molecule has 2 aliphatic heterocycles. The normalized spacial score (nSPS) is 18.0. The average Bonchev–Trinajstić information content (AvgIpc) is 3.50. The summed E-state index contributed by atoms with van der Waals surface area (Å²) in [7, 11) is -0.522. The summed E-state index contributed by atoms with van der Waals surface area (Å²) in [5.74, 6) is 0.466. The highest BCUT2D eigenvalue weighted by Gasteiger charge is 2.38. The lowest BCUT2D eigenvalue weighted by atomic mass is 10.1. The van der Waals surface area contributed by atoms with E-state index in [1.54, 1.807) is 31.4 Å². The first-order chi connectivity index (χ1) is 16.3. The Morgan fingerprint density at radius 2 is 1.82 bits per heavy atom. The highest BCUT2D eigenvalue weighted by atomic mass is 32.2. The molecule has 0 saturated carbocycles. The molecule has 2 heterocycles. The van der Waals surface area contributed by atoms with Crippen molar-refractivity contribution in [1.82, 2.24) is 9.62 Å². The van der Waals surface area contributed by atoms with Gasteiger partial charge in [-0.15, -0.1) is 0 Å². The number of hydrogen-bond donors (Lipinski definition) is 1. The van der Waals surface area contributed by atoms with E-state index in [9.17, 15) is 18.0 Å². The van der Waals surface area contributed by atoms with Gasteiger partial charge in [-0.2, -0.15) is 4.31 Å². The molecule has 2 amide bonds. The van der Waals surface area contributed by atoms with E-state index in [0.29, 0.717) is 35.8 Å². The van der Waals surface area contributed by atoms with E-state index in [1.165, 1.54) is 29.3 Å². The predicted octanol–water partition coefficient (Wildman–Crippen LogP) is 2.08. The third-order valence-corrected chi connectivity index (χ3v) is 8.21. The van der Waals surface area contributed by atoms with Crippen molar-refractivity contribution >= 4 is 27.5 Å². The van der Waals surface area contributed by atoms with Gasteiger partial charge in [0.05, 0.1) is 19.1 Å². The van der Waals surface area contributed by atoms with Gasteiger partial charge in [-0.1, -0.05) is 12.1 Å². The second-order valence-electron chi connectivity index (χ2n) is 8.38. The van der Waals surface area contributed by atoms with Gasteiger partial charge in [-0.3, -0.25) is 14.5 Å². The number of rotatable bonds is 7. The molecule has 2 aliphatic rings. The maximum Gasteiger partial charge on any atom is 0.243 e. The lowest BCUT2D eigenvalue weighted by Crippen LogP contribution is -2.47. The molecule has 0 unspecified atom stereocenters. The standard InChI is InChI=1S/C24H29N3O6S/c1-16(28)27-20-10-9-19(34(30,31)26-11-4-5-12-26)13-18(20)14-21(27)24(29)25-15-17-7-6-8-22(32-2)23(17)33-3/h6-10,13,21H,4-5,11-12,14-15H2,1-3H3,(H,25,29)/t21-/m0/s1. The molecule has 2 aromatic carbocycles. The molecule has 0 aliphatic carbocycles. The number of carbonyl (C=O) groups is 2. The molecule has 0 spiro atoms. The van der Waals surface area contributed by atoms with Crippen molar-refractivity contribution in [2.24, 2.45) is 0 Å². The summed E-state index contributed by atoms with van der Waals surface area (Å²) in [6.45, 7) is 2.61. The smallest absolute Gasteiger partial charge is 0.243 e. The Hall–Kier alpha value is -3.11. The van der Waals surface area contributed by atoms with E-state index >= 15 is 0 Å². The van der Waals surface area contributed by atoms with Crippen LogP contribution in [-0.4, -0.2) is 57.9 Å². The van der Waals surface area contributed by atoms with Crippen molar-refractivity contribution in [2.45, 2.75) is 43.7 Å². The summed E-state index contributed by atoms with van der Waals surface area (Å²) in [6.07, 6.45) is 1.94. The molecular weight excluding hydrogens is 458 g/mol. The van der Waals surface area contributed by atoms with Gasteiger partial charge in [0.25, 0.3) is 0 Å². The molecule has 1 atom stereocenters. The molecule has 182 valence electrons.